The Hall–Kier alpha value is -3.75. The van der Waals surface area contributed by atoms with Gasteiger partial charge in [0.25, 0.3) is 0 Å². The number of carbonyl (C=O) groups excluding carboxylic acids is 3. The van der Waals surface area contributed by atoms with Crippen molar-refractivity contribution in [2.24, 2.45) is 0 Å². The van der Waals surface area contributed by atoms with E-state index in [1.54, 1.807) is 42.5 Å². The van der Waals surface area contributed by atoms with Gasteiger partial charge < -0.3 is 25.4 Å². The molecule has 2 aromatic rings. The Morgan fingerprint density at radius 3 is 2.72 bits per heavy atom. The van der Waals surface area contributed by atoms with Gasteiger partial charge in [-0.2, -0.15) is 0 Å². The summed E-state index contributed by atoms with van der Waals surface area (Å²) >= 11 is 0. The fourth-order valence-corrected chi connectivity index (χ4v) is 3.14. The molecule has 0 bridgehead atoms. The number of benzene rings is 2. The van der Waals surface area contributed by atoms with E-state index in [-0.39, 0.29) is 31.3 Å². The SMILES string of the molecule is O=C(CCNC(=O)N1CC(=O)Nc2ccccc21)Nc1ccc2c(c1)OCCO2. The first kappa shape index (κ1) is 18.6. The number of ether oxygens (including phenoxy) is 2. The molecule has 0 radical (unpaired) electrons. The van der Waals surface area contributed by atoms with Gasteiger partial charge >= 0.3 is 6.03 Å². The van der Waals surface area contributed by atoms with Gasteiger partial charge in [-0.05, 0) is 24.3 Å². The van der Waals surface area contributed by atoms with Gasteiger partial charge in [-0.15, -0.1) is 0 Å². The Morgan fingerprint density at radius 1 is 1.07 bits per heavy atom. The van der Waals surface area contributed by atoms with Crippen molar-refractivity contribution in [2.45, 2.75) is 6.42 Å². The molecule has 0 atom stereocenters. The first-order chi connectivity index (χ1) is 14.1. The summed E-state index contributed by atoms with van der Waals surface area (Å²) in [4.78, 5) is 37.8. The maximum absolute atomic E-state index is 12.5. The molecular weight excluding hydrogens is 376 g/mol. The normalized spacial score (nSPS) is 14.5. The number of nitrogens with zero attached hydrogens (tertiary/aromatic N) is 1. The fourth-order valence-electron chi connectivity index (χ4n) is 3.14. The lowest BCUT2D eigenvalue weighted by atomic mass is 10.2. The van der Waals surface area contributed by atoms with Gasteiger partial charge in [0.1, 0.15) is 19.8 Å². The number of urea groups is 1. The highest BCUT2D eigenvalue weighted by molar-refractivity contribution is 6.09. The Kier molecular flexibility index (Phi) is 5.19. The zero-order valence-corrected chi connectivity index (χ0v) is 15.6. The highest BCUT2D eigenvalue weighted by Crippen LogP contribution is 2.32. The van der Waals surface area contributed by atoms with Crippen LogP contribution in [0.25, 0.3) is 0 Å². The van der Waals surface area contributed by atoms with Gasteiger partial charge in [0.2, 0.25) is 11.8 Å². The first-order valence-electron chi connectivity index (χ1n) is 9.24. The molecule has 4 amide bonds. The predicted molar refractivity (Wildman–Crippen MR) is 106 cm³/mol. The Bertz CT molecular complexity index is 962. The third-order valence-corrected chi connectivity index (χ3v) is 4.47. The van der Waals surface area contributed by atoms with Gasteiger partial charge in [0.15, 0.2) is 11.5 Å². The van der Waals surface area contributed by atoms with Crippen molar-refractivity contribution in [2.75, 3.05) is 41.8 Å². The molecule has 2 aliphatic heterocycles. The third-order valence-electron chi connectivity index (χ3n) is 4.47. The zero-order chi connectivity index (χ0) is 20.2. The molecule has 0 aromatic heterocycles. The molecule has 4 rings (SSSR count). The van der Waals surface area contributed by atoms with Crippen molar-refractivity contribution in [1.82, 2.24) is 5.32 Å². The minimum atomic E-state index is -0.431. The molecule has 0 unspecified atom stereocenters. The van der Waals surface area contributed by atoms with E-state index in [4.69, 9.17) is 9.47 Å². The van der Waals surface area contributed by atoms with Crippen LogP contribution in [0.2, 0.25) is 0 Å². The molecule has 29 heavy (non-hydrogen) atoms. The summed E-state index contributed by atoms with van der Waals surface area (Å²) in [5.74, 6) is 0.714. The lowest BCUT2D eigenvalue weighted by molar-refractivity contribution is -0.116. The maximum atomic E-state index is 12.5. The molecule has 0 fully saturated rings. The van der Waals surface area contributed by atoms with E-state index in [1.165, 1.54) is 4.90 Å². The van der Waals surface area contributed by atoms with Crippen LogP contribution in [0.3, 0.4) is 0 Å². The van der Waals surface area contributed by atoms with Gasteiger partial charge in [-0.1, -0.05) is 12.1 Å². The number of hydrogen-bond acceptors (Lipinski definition) is 5. The molecule has 0 saturated heterocycles. The van der Waals surface area contributed by atoms with E-state index >= 15 is 0 Å². The molecule has 2 heterocycles. The standard InChI is InChI=1S/C20H20N4O5/c25-18(22-13-5-6-16-17(11-13)29-10-9-28-16)7-8-21-20(27)24-12-19(26)23-14-3-1-2-4-15(14)24/h1-6,11H,7-10,12H2,(H,21,27)(H,22,25)(H,23,26). The van der Waals surface area contributed by atoms with Crippen molar-refractivity contribution in [1.29, 1.82) is 0 Å². The van der Waals surface area contributed by atoms with E-state index in [1.807, 2.05) is 0 Å². The van der Waals surface area contributed by atoms with Crippen molar-refractivity contribution < 1.29 is 23.9 Å². The number of nitrogens with one attached hydrogen (secondary N) is 3. The molecule has 150 valence electrons. The average Bonchev–Trinajstić information content (AvgIpc) is 2.73. The minimum absolute atomic E-state index is 0.0771. The molecule has 0 spiro atoms. The van der Waals surface area contributed by atoms with Crippen LogP contribution in [0.4, 0.5) is 21.9 Å². The van der Waals surface area contributed by atoms with E-state index in [9.17, 15) is 14.4 Å². The number of carbonyl (C=O) groups is 3. The summed E-state index contributed by atoms with van der Waals surface area (Å²) in [5, 5.41) is 8.17. The largest absolute Gasteiger partial charge is 0.486 e. The van der Waals surface area contributed by atoms with Gasteiger partial charge in [-0.3, -0.25) is 14.5 Å². The highest BCUT2D eigenvalue weighted by atomic mass is 16.6. The number of hydrogen-bond donors (Lipinski definition) is 3. The Balaban J connectivity index is 1.29. The smallest absolute Gasteiger partial charge is 0.322 e. The number of para-hydroxylation sites is 2. The van der Waals surface area contributed by atoms with E-state index < -0.39 is 6.03 Å². The topological polar surface area (TPSA) is 109 Å². The summed E-state index contributed by atoms with van der Waals surface area (Å²) in [6, 6.07) is 11.8. The first-order valence-corrected chi connectivity index (χ1v) is 9.24. The highest BCUT2D eigenvalue weighted by Gasteiger charge is 2.26. The van der Waals surface area contributed by atoms with Crippen LogP contribution in [0.15, 0.2) is 42.5 Å². The number of anilines is 3. The molecule has 9 heteroatoms. The lowest BCUT2D eigenvalue weighted by Crippen LogP contribution is -2.47. The quantitative estimate of drug-likeness (QED) is 0.732. The molecule has 9 nitrogen and oxygen atoms in total. The van der Waals surface area contributed by atoms with Crippen molar-refractivity contribution >= 4 is 34.9 Å². The lowest BCUT2D eigenvalue weighted by Gasteiger charge is -2.29. The molecule has 0 saturated carbocycles. The van der Waals surface area contributed by atoms with Crippen LogP contribution in [0.1, 0.15) is 6.42 Å². The third kappa shape index (κ3) is 4.23. The summed E-state index contributed by atoms with van der Waals surface area (Å²) in [5.41, 5.74) is 1.78. The maximum Gasteiger partial charge on any atom is 0.322 e. The molecule has 3 N–H and O–H groups in total. The summed E-state index contributed by atoms with van der Waals surface area (Å²) in [7, 11) is 0. The van der Waals surface area contributed by atoms with Crippen LogP contribution in [0.5, 0.6) is 11.5 Å². The van der Waals surface area contributed by atoms with Crippen LogP contribution < -0.4 is 30.3 Å². The fraction of sp³-hybridized carbons (Fsp3) is 0.250. The van der Waals surface area contributed by atoms with Crippen molar-refractivity contribution in [3.05, 3.63) is 42.5 Å². The Morgan fingerprint density at radius 2 is 1.86 bits per heavy atom. The second-order valence-electron chi connectivity index (χ2n) is 6.54. The van der Waals surface area contributed by atoms with Gasteiger partial charge in [-0.25, -0.2) is 4.79 Å². The second kappa shape index (κ2) is 8.09. The number of fused-ring (bicyclic) bond motifs is 2. The van der Waals surface area contributed by atoms with E-state index in [2.05, 4.69) is 16.0 Å². The van der Waals surface area contributed by atoms with Crippen LogP contribution in [0, 0.1) is 0 Å². The molecule has 2 aliphatic rings. The van der Waals surface area contributed by atoms with Crippen molar-refractivity contribution in [3.63, 3.8) is 0 Å². The van der Waals surface area contributed by atoms with Gasteiger partial charge in [0.05, 0.1) is 11.4 Å². The minimum Gasteiger partial charge on any atom is -0.486 e. The summed E-state index contributed by atoms with van der Waals surface area (Å²) in [6.45, 7) is 1.03. The molecule has 2 aromatic carbocycles. The van der Waals surface area contributed by atoms with E-state index in [0.717, 1.165) is 0 Å². The van der Waals surface area contributed by atoms with Crippen LogP contribution >= 0.6 is 0 Å². The number of rotatable bonds is 4. The number of amides is 4. The van der Waals surface area contributed by atoms with Crippen molar-refractivity contribution in [3.8, 4) is 11.5 Å². The summed E-state index contributed by atoms with van der Waals surface area (Å²) in [6.07, 6.45) is 0.0852. The Labute approximate surface area is 167 Å². The monoisotopic (exact) mass is 396 g/mol. The second-order valence-corrected chi connectivity index (χ2v) is 6.54. The zero-order valence-electron chi connectivity index (χ0n) is 15.6. The van der Waals surface area contributed by atoms with Crippen LogP contribution in [-0.4, -0.2) is 44.1 Å². The van der Waals surface area contributed by atoms with E-state index in [0.29, 0.717) is 41.8 Å². The average molecular weight is 396 g/mol. The summed E-state index contributed by atoms with van der Waals surface area (Å²) < 4.78 is 10.9. The van der Waals surface area contributed by atoms with Crippen LogP contribution in [-0.2, 0) is 9.59 Å². The van der Waals surface area contributed by atoms with Gasteiger partial charge in [0, 0.05) is 24.7 Å². The molecule has 0 aliphatic carbocycles. The predicted octanol–water partition coefficient (Wildman–Crippen LogP) is 1.95. The molecular formula is C20H20N4O5.